The van der Waals surface area contributed by atoms with Crippen molar-refractivity contribution >= 4 is 15.8 Å². The molecule has 0 amide bonds. The van der Waals surface area contributed by atoms with E-state index in [1.807, 2.05) is 31.2 Å². The number of morpholine rings is 1. The Balaban J connectivity index is 1.55. The van der Waals surface area contributed by atoms with E-state index in [1.54, 1.807) is 0 Å². The molecule has 29 heavy (non-hydrogen) atoms. The molecule has 0 aromatic heterocycles. The van der Waals surface area contributed by atoms with Crippen molar-refractivity contribution in [1.82, 2.24) is 15.5 Å². The number of nitrogens with zero attached hydrogens (tertiary/aromatic N) is 2. The van der Waals surface area contributed by atoms with Crippen molar-refractivity contribution in [3.05, 3.63) is 29.8 Å². The van der Waals surface area contributed by atoms with Crippen molar-refractivity contribution in [3.63, 3.8) is 0 Å². The lowest BCUT2D eigenvalue weighted by molar-refractivity contribution is 0.0322. The highest BCUT2D eigenvalue weighted by molar-refractivity contribution is 7.91. The number of aliphatic imine (C=N–C) groups is 1. The van der Waals surface area contributed by atoms with Crippen molar-refractivity contribution in [3.8, 4) is 5.75 Å². The first-order chi connectivity index (χ1) is 14.1. The van der Waals surface area contributed by atoms with Gasteiger partial charge in [-0.2, -0.15) is 0 Å². The molecule has 0 spiro atoms. The van der Waals surface area contributed by atoms with Crippen LogP contribution in [0, 0.1) is 0 Å². The molecule has 0 bridgehead atoms. The summed E-state index contributed by atoms with van der Waals surface area (Å²) in [6, 6.07) is 7.83. The average Bonchev–Trinajstić information content (AvgIpc) is 3.06. The molecule has 2 N–H and O–H groups in total. The number of benzene rings is 1. The first-order valence-corrected chi connectivity index (χ1v) is 12.1. The molecule has 0 saturated carbocycles. The van der Waals surface area contributed by atoms with Crippen LogP contribution in [0.1, 0.15) is 18.9 Å². The summed E-state index contributed by atoms with van der Waals surface area (Å²) in [5, 5.41) is 6.45. The topological polar surface area (TPSA) is 92.3 Å². The van der Waals surface area contributed by atoms with Crippen LogP contribution in [-0.4, -0.2) is 82.8 Å². The van der Waals surface area contributed by atoms with Gasteiger partial charge >= 0.3 is 0 Å². The zero-order valence-electron chi connectivity index (χ0n) is 17.1. The van der Waals surface area contributed by atoms with Crippen LogP contribution in [0.2, 0.25) is 0 Å². The van der Waals surface area contributed by atoms with Gasteiger partial charge in [0, 0.05) is 37.8 Å². The average molecular weight is 425 g/mol. The molecule has 2 aliphatic rings. The molecular formula is C20H32N4O4S. The predicted octanol–water partition coefficient (Wildman–Crippen LogP) is 0.640. The van der Waals surface area contributed by atoms with Gasteiger partial charge in [0.05, 0.1) is 31.3 Å². The van der Waals surface area contributed by atoms with Gasteiger partial charge in [-0.05, 0) is 19.4 Å². The number of ether oxygens (including phenoxy) is 2. The lowest BCUT2D eigenvalue weighted by Crippen LogP contribution is -2.44. The Morgan fingerprint density at radius 3 is 2.83 bits per heavy atom. The molecule has 162 valence electrons. The van der Waals surface area contributed by atoms with Gasteiger partial charge in [0.15, 0.2) is 15.8 Å². The number of hydrogen-bond acceptors (Lipinski definition) is 6. The quantitative estimate of drug-likeness (QED) is 0.467. The van der Waals surface area contributed by atoms with Crippen LogP contribution < -0.4 is 15.4 Å². The Morgan fingerprint density at radius 1 is 1.31 bits per heavy atom. The molecule has 2 fully saturated rings. The number of para-hydroxylation sites is 1. The fourth-order valence-corrected chi connectivity index (χ4v) is 5.14. The molecule has 1 aromatic rings. The maximum atomic E-state index is 11.7. The minimum atomic E-state index is -2.93. The molecule has 2 aliphatic heterocycles. The van der Waals surface area contributed by atoms with E-state index in [4.69, 9.17) is 9.47 Å². The number of hydrogen-bond donors (Lipinski definition) is 2. The van der Waals surface area contributed by atoms with Gasteiger partial charge in [0.2, 0.25) is 0 Å². The third-order valence-electron chi connectivity index (χ3n) is 5.07. The maximum Gasteiger partial charge on any atom is 0.191 e. The van der Waals surface area contributed by atoms with Crippen LogP contribution in [0.25, 0.3) is 0 Å². The van der Waals surface area contributed by atoms with E-state index in [-0.39, 0.29) is 17.5 Å². The van der Waals surface area contributed by atoms with Gasteiger partial charge in [-0.1, -0.05) is 18.2 Å². The smallest absolute Gasteiger partial charge is 0.191 e. The largest absolute Gasteiger partial charge is 0.492 e. The lowest BCUT2D eigenvalue weighted by Gasteiger charge is -2.26. The van der Waals surface area contributed by atoms with Gasteiger partial charge < -0.3 is 20.1 Å². The van der Waals surface area contributed by atoms with Gasteiger partial charge in [0.1, 0.15) is 12.4 Å². The number of nitrogens with one attached hydrogen (secondary N) is 2. The van der Waals surface area contributed by atoms with Crippen LogP contribution in [0.5, 0.6) is 5.75 Å². The minimum absolute atomic E-state index is 0.0854. The van der Waals surface area contributed by atoms with E-state index in [0.717, 1.165) is 44.2 Å². The van der Waals surface area contributed by atoms with E-state index in [9.17, 15) is 8.42 Å². The Kier molecular flexibility index (Phi) is 8.14. The molecule has 2 saturated heterocycles. The Labute approximate surface area is 173 Å². The normalized spacial score (nSPS) is 22.4. The summed E-state index contributed by atoms with van der Waals surface area (Å²) in [5.41, 5.74) is 1.01. The summed E-state index contributed by atoms with van der Waals surface area (Å²) in [7, 11) is -2.93. The highest BCUT2D eigenvalue weighted by Gasteiger charge is 2.28. The van der Waals surface area contributed by atoms with Crippen LogP contribution >= 0.6 is 0 Å². The second kappa shape index (κ2) is 10.8. The van der Waals surface area contributed by atoms with E-state index < -0.39 is 9.84 Å². The fraction of sp³-hybridized carbons (Fsp3) is 0.650. The summed E-state index contributed by atoms with van der Waals surface area (Å²) in [5.74, 6) is 1.88. The van der Waals surface area contributed by atoms with Crippen molar-refractivity contribution in [2.75, 3.05) is 57.5 Å². The molecule has 1 atom stereocenters. The maximum absolute atomic E-state index is 11.7. The van der Waals surface area contributed by atoms with E-state index in [0.29, 0.717) is 32.1 Å². The molecular weight excluding hydrogens is 392 g/mol. The van der Waals surface area contributed by atoms with Crippen LogP contribution in [0.15, 0.2) is 29.3 Å². The first-order valence-electron chi connectivity index (χ1n) is 10.3. The standard InChI is InChI=1S/C20H32N4O4S/c1-2-21-20(23-18-7-14-29(25,26)16-18)22-15-17-5-3-4-6-19(17)28-13-10-24-8-11-27-12-9-24/h3-6,18H,2,7-16H2,1H3,(H2,21,22,23). The molecule has 9 heteroatoms. The molecule has 0 aliphatic carbocycles. The van der Waals surface area contributed by atoms with Crippen LogP contribution in [-0.2, 0) is 21.1 Å². The molecule has 8 nitrogen and oxygen atoms in total. The molecule has 1 unspecified atom stereocenters. The summed E-state index contributed by atoms with van der Waals surface area (Å²) >= 11 is 0. The van der Waals surface area contributed by atoms with E-state index >= 15 is 0 Å². The van der Waals surface area contributed by atoms with E-state index in [2.05, 4.69) is 20.5 Å². The van der Waals surface area contributed by atoms with Gasteiger partial charge in [-0.3, -0.25) is 4.90 Å². The van der Waals surface area contributed by atoms with Crippen molar-refractivity contribution in [2.24, 2.45) is 4.99 Å². The number of rotatable bonds is 8. The highest BCUT2D eigenvalue weighted by Crippen LogP contribution is 2.19. The van der Waals surface area contributed by atoms with E-state index in [1.165, 1.54) is 0 Å². The SMILES string of the molecule is CCNC(=NCc1ccccc1OCCN1CCOCC1)NC1CCS(=O)(=O)C1. The second-order valence-corrected chi connectivity index (χ2v) is 9.58. The summed E-state index contributed by atoms with van der Waals surface area (Å²) in [6.45, 7) is 8.13. The van der Waals surface area contributed by atoms with Crippen molar-refractivity contribution in [1.29, 1.82) is 0 Å². The highest BCUT2D eigenvalue weighted by atomic mass is 32.2. The molecule has 0 radical (unpaired) electrons. The van der Waals surface area contributed by atoms with Crippen molar-refractivity contribution < 1.29 is 17.9 Å². The third kappa shape index (κ3) is 7.17. The van der Waals surface area contributed by atoms with Gasteiger partial charge in [0.25, 0.3) is 0 Å². The number of sulfone groups is 1. The fourth-order valence-electron chi connectivity index (χ4n) is 3.47. The Morgan fingerprint density at radius 2 is 2.10 bits per heavy atom. The van der Waals surface area contributed by atoms with Crippen molar-refractivity contribution in [2.45, 2.75) is 25.9 Å². The van der Waals surface area contributed by atoms with Crippen LogP contribution in [0.3, 0.4) is 0 Å². The monoisotopic (exact) mass is 424 g/mol. The zero-order valence-corrected chi connectivity index (χ0v) is 17.9. The zero-order chi connectivity index (χ0) is 20.5. The summed E-state index contributed by atoms with van der Waals surface area (Å²) in [4.78, 5) is 6.99. The predicted molar refractivity (Wildman–Crippen MR) is 114 cm³/mol. The van der Waals surface area contributed by atoms with Gasteiger partial charge in [-0.25, -0.2) is 13.4 Å². The van der Waals surface area contributed by atoms with Crippen LogP contribution in [0.4, 0.5) is 0 Å². The Bertz CT molecular complexity index is 778. The Hall–Kier alpha value is -1.84. The lowest BCUT2D eigenvalue weighted by atomic mass is 10.2. The third-order valence-corrected chi connectivity index (χ3v) is 6.83. The summed E-state index contributed by atoms with van der Waals surface area (Å²) in [6.07, 6.45) is 0.619. The first kappa shape index (κ1) is 21.9. The van der Waals surface area contributed by atoms with Gasteiger partial charge in [-0.15, -0.1) is 0 Å². The number of guanidine groups is 1. The minimum Gasteiger partial charge on any atom is -0.492 e. The second-order valence-electron chi connectivity index (χ2n) is 7.35. The summed E-state index contributed by atoms with van der Waals surface area (Å²) < 4.78 is 34.8. The molecule has 3 rings (SSSR count). The molecule has 2 heterocycles. The molecule has 1 aromatic carbocycles.